The van der Waals surface area contributed by atoms with Crippen molar-refractivity contribution < 1.29 is 0 Å². The fraction of sp³-hybridized carbons (Fsp3) is 0.769. The Morgan fingerprint density at radius 2 is 1.88 bits per heavy atom. The summed E-state index contributed by atoms with van der Waals surface area (Å²) in [5.41, 5.74) is 1.53. The molecular weight excluding hydrogens is 212 g/mol. The number of aryl methyl sites for hydroxylation is 2. The van der Waals surface area contributed by atoms with Crippen LogP contribution in [0.1, 0.15) is 63.8 Å². The standard InChI is InChI=1S/C13H22N4/c1-3-5-7-8-10-17-13(11-14)12(15-16-17)9-6-4-2/h3-10H2,1-2H3. The highest BCUT2D eigenvalue weighted by atomic mass is 15.4. The maximum absolute atomic E-state index is 9.14. The van der Waals surface area contributed by atoms with Crippen molar-refractivity contribution in [2.45, 2.75) is 65.3 Å². The van der Waals surface area contributed by atoms with Crippen molar-refractivity contribution in [2.24, 2.45) is 0 Å². The van der Waals surface area contributed by atoms with Crippen LogP contribution in [0.15, 0.2) is 0 Å². The van der Waals surface area contributed by atoms with Gasteiger partial charge < -0.3 is 0 Å². The highest BCUT2D eigenvalue weighted by Crippen LogP contribution is 2.10. The first-order valence-corrected chi connectivity index (χ1v) is 6.65. The number of nitrogens with zero attached hydrogens (tertiary/aromatic N) is 4. The van der Waals surface area contributed by atoms with Gasteiger partial charge in [-0.05, 0) is 19.3 Å². The average molecular weight is 234 g/mol. The Labute approximate surface area is 104 Å². The molecule has 0 unspecified atom stereocenters. The molecule has 0 amide bonds. The number of rotatable bonds is 8. The predicted molar refractivity (Wildman–Crippen MR) is 67.5 cm³/mol. The monoisotopic (exact) mass is 234 g/mol. The van der Waals surface area contributed by atoms with Crippen LogP contribution in [0, 0.1) is 11.3 Å². The van der Waals surface area contributed by atoms with Crippen LogP contribution in [0.2, 0.25) is 0 Å². The number of aromatic nitrogens is 3. The van der Waals surface area contributed by atoms with Crippen molar-refractivity contribution in [1.29, 1.82) is 5.26 Å². The molecule has 0 aromatic carbocycles. The molecule has 1 heterocycles. The van der Waals surface area contributed by atoms with Crippen molar-refractivity contribution in [3.05, 3.63) is 11.4 Å². The number of nitriles is 1. The van der Waals surface area contributed by atoms with Gasteiger partial charge in [-0.25, -0.2) is 4.68 Å². The lowest BCUT2D eigenvalue weighted by atomic mass is 10.1. The molecule has 4 nitrogen and oxygen atoms in total. The van der Waals surface area contributed by atoms with Crippen molar-refractivity contribution in [3.8, 4) is 6.07 Å². The van der Waals surface area contributed by atoms with E-state index in [1.807, 2.05) is 0 Å². The summed E-state index contributed by atoms with van der Waals surface area (Å²) >= 11 is 0. The van der Waals surface area contributed by atoms with Crippen LogP contribution >= 0.6 is 0 Å². The number of hydrogen-bond donors (Lipinski definition) is 0. The Morgan fingerprint density at radius 1 is 1.12 bits per heavy atom. The molecule has 1 rings (SSSR count). The van der Waals surface area contributed by atoms with Gasteiger partial charge in [-0.2, -0.15) is 5.26 Å². The van der Waals surface area contributed by atoms with E-state index in [-0.39, 0.29) is 0 Å². The van der Waals surface area contributed by atoms with Crippen molar-refractivity contribution in [1.82, 2.24) is 15.0 Å². The quantitative estimate of drug-likeness (QED) is 0.649. The van der Waals surface area contributed by atoms with E-state index in [4.69, 9.17) is 5.26 Å². The molecule has 0 radical (unpaired) electrons. The van der Waals surface area contributed by atoms with Crippen LogP contribution in [-0.4, -0.2) is 15.0 Å². The minimum atomic E-state index is 0.662. The van der Waals surface area contributed by atoms with Crippen LogP contribution in [-0.2, 0) is 13.0 Å². The molecule has 0 aliphatic rings. The van der Waals surface area contributed by atoms with E-state index in [1.165, 1.54) is 19.3 Å². The molecule has 0 aliphatic heterocycles. The third kappa shape index (κ3) is 4.18. The summed E-state index contributed by atoms with van der Waals surface area (Å²) in [6, 6.07) is 2.23. The Balaban J connectivity index is 2.54. The fourth-order valence-corrected chi connectivity index (χ4v) is 1.83. The van der Waals surface area contributed by atoms with Gasteiger partial charge in [0.05, 0.1) is 0 Å². The van der Waals surface area contributed by atoms with Crippen LogP contribution < -0.4 is 0 Å². The Bertz CT molecular complexity index is 362. The third-order valence-corrected chi connectivity index (χ3v) is 2.90. The summed E-state index contributed by atoms with van der Waals surface area (Å²) in [5, 5.41) is 17.3. The van der Waals surface area contributed by atoms with Gasteiger partial charge in [0.15, 0.2) is 5.69 Å². The largest absolute Gasteiger partial charge is 0.234 e. The Morgan fingerprint density at radius 3 is 2.53 bits per heavy atom. The van der Waals surface area contributed by atoms with Crippen LogP contribution in [0.25, 0.3) is 0 Å². The zero-order valence-electron chi connectivity index (χ0n) is 10.9. The number of hydrogen-bond acceptors (Lipinski definition) is 3. The van der Waals surface area contributed by atoms with Crippen LogP contribution in [0.5, 0.6) is 0 Å². The SMILES string of the molecule is CCCCCCn1nnc(CCCC)c1C#N. The first kappa shape index (κ1) is 13.7. The normalized spacial score (nSPS) is 10.4. The maximum atomic E-state index is 9.14. The van der Waals surface area contributed by atoms with E-state index < -0.39 is 0 Å². The number of unbranched alkanes of at least 4 members (excludes halogenated alkanes) is 4. The van der Waals surface area contributed by atoms with Crippen molar-refractivity contribution >= 4 is 0 Å². The molecule has 0 bridgehead atoms. The summed E-state index contributed by atoms with van der Waals surface area (Å²) in [7, 11) is 0. The molecule has 1 aromatic rings. The highest BCUT2D eigenvalue weighted by Gasteiger charge is 2.11. The third-order valence-electron chi connectivity index (χ3n) is 2.90. The Kier molecular flexibility index (Phi) is 6.31. The second-order valence-corrected chi connectivity index (χ2v) is 4.38. The summed E-state index contributed by atoms with van der Waals surface area (Å²) < 4.78 is 1.76. The first-order valence-electron chi connectivity index (χ1n) is 6.65. The van der Waals surface area contributed by atoms with Gasteiger partial charge in [-0.1, -0.05) is 44.7 Å². The minimum Gasteiger partial charge on any atom is -0.234 e. The molecule has 0 fully saturated rings. The molecule has 0 spiro atoms. The molecule has 0 saturated heterocycles. The predicted octanol–water partition coefficient (Wildman–Crippen LogP) is 3.07. The van der Waals surface area contributed by atoms with Gasteiger partial charge in [-0.15, -0.1) is 5.10 Å². The maximum Gasteiger partial charge on any atom is 0.161 e. The average Bonchev–Trinajstić information content (AvgIpc) is 2.74. The fourth-order valence-electron chi connectivity index (χ4n) is 1.83. The lowest BCUT2D eigenvalue weighted by Gasteiger charge is -2.01. The zero-order valence-corrected chi connectivity index (χ0v) is 10.9. The molecular formula is C13H22N4. The van der Waals surface area contributed by atoms with Crippen LogP contribution in [0.3, 0.4) is 0 Å². The second-order valence-electron chi connectivity index (χ2n) is 4.38. The molecule has 0 atom stereocenters. The minimum absolute atomic E-state index is 0.662. The smallest absolute Gasteiger partial charge is 0.161 e. The lowest BCUT2D eigenvalue weighted by molar-refractivity contribution is 0.524. The zero-order chi connectivity index (χ0) is 12.5. The van der Waals surface area contributed by atoms with E-state index in [0.29, 0.717) is 5.69 Å². The highest BCUT2D eigenvalue weighted by molar-refractivity contribution is 5.25. The summed E-state index contributed by atoms with van der Waals surface area (Å²) in [4.78, 5) is 0. The van der Waals surface area contributed by atoms with Gasteiger partial charge >= 0.3 is 0 Å². The van der Waals surface area contributed by atoms with E-state index in [9.17, 15) is 0 Å². The van der Waals surface area contributed by atoms with E-state index in [0.717, 1.165) is 37.9 Å². The molecule has 1 aromatic heterocycles. The molecule has 0 N–H and O–H groups in total. The summed E-state index contributed by atoms with van der Waals surface area (Å²) in [6.07, 6.45) is 7.82. The first-order chi connectivity index (χ1) is 8.33. The Hall–Kier alpha value is -1.37. The molecule has 0 aliphatic carbocycles. The van der Waals surface area contributed by atoms with Gasteiger partial charge in [0.1, 0.15) is 11.8 Å². The van der Waals surface area contributed by atoms with Gasteiger partial charge in [-0.3, -0.25) is 0 Å². The second kappa shape index (κ2) is 7.83. The van der Waals surface area contributed by atoms with Gasteiger partial charge in [0, 0.05) is 6.54 Å². The van der Waals surface area contributed by atoms with Gasteiger partial charge in [0.25, 0.3) is 0 Å². The summed E-state index contributed by atoms with van der Waals surface area (Å²) in [5.74, 6) is 0. The van der Waals surface area contributed by atoms with Crippen molar-refractivity contribution in [3.63, 3.8) is 0 Å². The molecule has 0 saturated carbocycles. The lowest BCUT2D eigenvalue weighted by Crippen LogP contribution is -2.04. The van der Waals surface area contributed by atoms with E-state index >= 15 is 0 Å². The van der Waals surface area contributed by atoms with E-state index in [1.54, 1.807) is 4.68 Å². The van der Waals surface area contributed by atoms with Crippen molar-refractivity contribution in [2.75, 3.05) is 0 Å². The molecule has 4 heteroatoms. The summed E-state index contributed by atoms with van der Waals surface area (Å²) in [6.45, 7) is 5.16. The molecule has 94 valence electrons. The molecule has 17 heavy (non-hydrogen) atoms. The topological polar surface area (TPSA) is 54.5 Å². The van der Waals surface area contributed by atoms with Gasteiger partial charge in [0.2, 0.25) is 0 Å². The van der Waals surface area contributed by atoms with Crippen LogP contribution in [0.4, 0.5) is 0 Å². The van der Waals surface area contributed by atoms with E-state index in [2.05, 4.69) is 30.2 Å².